The summed E-state index contributed by atoms with van der Waals surface area (Å²) in [6.45, 7) is 2.72. The first-order valence-electron chi connectivity index (χ1n) is 12.1. The molecular formula is C28H26N6O2S. The molecule has 2 aromatic heterocycles. The first-order chi connectivity index (χ1) is 18.1. The van der Waals surface area contributed by atoms with E-state index in [9.17, 15) is 9.59 Å². The van der Waals surface area contributed by atoms with Crippen molar-refractivity contribution in [1.29, 1.82) is 0 Å². The third-order valence-electron chi connectivity index (χ3n) is 6.05. The molecule has 0 aliphatic heterocycles. The summed E-state index contributed by atoms with van der Waals surface area (Å²) >= 11 is 1.50. The number of rotatable bonds is 9. The van der Waals surface area contributed by atoms with Gasteiger partial charge in [-0.25, -0.2) is 9.89 Å². The molecule has 8 nitrogen and oxygen atoms in total. The largest absolute Gasteiger partial charge is 0.332 e. The molecule has 5 rings (SSSR count). The Hall–Kier alpha value is -4.24. The van der Waals surface area contributed by atoms with Gasteiger partial charge in [0.15, 0.2) is 5.82 Å². The molecule has 0 bridgehead atoms. The highest BCUT2D eigenvalue weighted by atomic mass is 32.2. The molecule has 0 atom stereocenters. The van der Waals surface area contributed by atoms with Gasteiger partial charge in [0.05, 0.1) is 11.6 Å². The van der Waals surface area contributed by atoms with Crippen molar-refractivity contribution in [1.82, 2.24) is 29.8 Å². The zero-order valence-electron chi connectivity index (χ0n) is 20.4. The second-order valence-electron chi connectivity index (χ2n) is 8.61. The summed E-state index contributed by atoms with van der Waals surface area (Å²) in [4.78, 5) is 26.1. The number of nitrogens with zero attached hydrogens (tertiary/aromatic N) is 5. The number of hydrogen-bond acceptors (Lipinski definition) is 6. The van der Waals surface area contributed by atoms with Gasteiger partial charge in [-0.1, -0.05) is 85.8 Å². The van der Waals surface area contributed by atoms with E-state index in [0.717, 1.165) is 27.8 Å². The zero-order chi connectivity index (χ0) is 25.6. The summed E-state index contributed by atoms with van der Waals surface area (Å²) in [5, 5.41) is 14.9. The standard InChI is InChI=1S/C28H26N6O2S/c1-2-16-33-25(35)17-26(37-19-21-8-4-3-5-9-21)34(28(33)36)18-20-12-14-22(15-13-20)23-10-6-7-11-24(23)27-29-31-32-30-27/h3-15,17H,2,16,18-19H2,1H3,(H,29,30,31,32). The number of aromatic nitrogens is 6. The Morgan fingerprint density at radius 2 is 1.57 bits per heavy atom. The van der Waals surface area contributed by atoms with Crippen molar-refractivity contribution in [3.8, 4) is 22.5 Å². The van der Waals surface area contributed by atoms with E-state index in [0.29, 0.717) is 36.1 Å². The smallest absolute Gasteiger partial charge is 0.283 e. The molecule has 0 radical (unpaired) electrons. The van der Waals surface area contributed by atoms with Crippen molar-refractivity contribution in [3.63, 3.8) is 0 Å². The third kappa shape index (κ3) is 5.46. The first kappa shape index (κ1) is 24.5. The summed E-state index contributed by atoms with van der Waals surface area (Å²) in [7, 11) is 0. The van der Waals surface area contributed by atoms with Crippen molar-refractivity contribution in [2.24, 2.45) is 0 Å². The van der Waals surface area contributed by atoms with Crippen LogP contribution in [0, 0.1) is 0 Å². The normalized spacial score (nSPS) is 11.1. The number of nitrogens with one attached hydrogen (secondary N) is 1. The van der Waals surface area contributed by atoms with E-state index in [1.54, 1.807) is 10.6 Å². The molecule has 2 heterocycles. The van der Waals surface area contributed by atoms with Crippen LogP contribution in [0.15, 0.2) is 99.5 Å². The number of aromatic amines is 1. The molecule has 0 spiro atoms. The van der Waals surface area contributed by atoms with Gasteiger partial charge >= 0.3 is 5.69 Å². The van der Waals surface area contributed by atoms with Crippen LogP contribution in [-0.2, 0) is 18.8 Å². The Morgan fingerprint density at radius 1 is 0.838 bits per heavy atom. The van der Waals surface area contributed by atoms with Crippen molar-refractivity contribution >= 4 is 11.8 Å². The lowest BCUT2D eigenvalue weighted by Gasteiger charge is -2.15. The van der Waals surface area contributed by atoms with Gasteiger partial charge in [0, 0.05) is 23.9 Å². The number of tetrazole rings is 1. The van der Waals surface area contributed by atoms with Gasteiger partial charge in [-0.15, -0.1) is 16.9 Å². The van der Waals surface area contributed by atoms with Crippen molar-refractivity contribution < 1.29 is 0 Å². The van der Waals surface area contributed by atoms with E-state index in [2.05, 4.69) is 20.6 Å². The van der Waals surface area contributed by atoms with Crippen LogP contribution < -0.4 is 11.2 Å². The van der Waals surface area contributed by atoms with E-state index >= 15 is 0 Å². The quantitative estimate of drug-likeness (QED) is 0.230. The van der Waals surface area contributed by atoms with E-state index in [-0.39, 0.29) is 11.2 Å². The number of benzene rings is 3. The molecule has 9 heteroatoms. The van der Waals surface area contributed by atoms with Crippen LogP contribution in [0.25, 0.3) is 22.5 Å². The fourth-order valence-corrected chi connectivity index (χ4v) is 5.20. The predicted octanol–water partition coefficient (Wildman–Crippen LogP) is 4.61. The lowest BCUT2D eigenvalue weighted by molar-refractivity contribution is 0.537. The maximum atomic E-state index is 13.4. The maximum Gasteiger partial charge on any atom is 0.332 e. The van der Waals surface area contributed by atoms with Gasteiger partial charge in [-0.2, -0.15) is 0 Å². The molecule has 1 N–H and O–H groups in total. The summed E-state index contributed by atoms with van der Waals surface area (Å²) in [6, 6.07) is 27.6. The fraction of sp³-hybridized carbons (Fsp3) is 0.179. The van der Waals surface area contributed by atoms with E-state index < -0.39 is 0 Å². The second-order valence-corrected chi connectivity index (χ2v) is 9.60. The molecule has 0 saturated heterocycles. The van der Waals surface area contributed by atoms with Crippen LogP contribution >= 0.6 is 11.8 Å². The van der Waals surface area contributed by atoms with Crippen LogP contribution in [0.1, 0.15) is 24.5 Å². The Labute approximate surface area is 218 Å². The van der Waals surface area contributed by atoms with Gasteiger partial charge in [-0.3, -0.25) is 13.9 Å². The van der Waals surface area contributed by atoms with Crippen LogP contribution in [0.3, 0.4) is 0 Å². The lowest BCUT2D eigenvalue weighted by Crippen LogP contribution is -2.40. The van der Waals surface area contributed by atoms with Crippen LogP contribution in [0.4, 0.5) is 0 Å². The molecule has 37 heavy (non-hydrogen) atoms. The lowest BCUT2D eigenvalue weighted by atomic mass is 9.98. The van der Waals surface area contributed by atoms with Crippen LogP contribution in [0.5, 0.6) is 0 Å². The average Bonchev–Trinajstić information content (AvgIpc) is 3.48. The van der Waals surface area contributed by atoms with Crippen LogP contribution in [-0.4, -0.2) is 29.8 Å². The Bertz CT molecular complexity index is 1590. The van der Waals surface area contributed by atoms with Gasteiger partial charge in [0.2, 0.25) is 0 Å². The van der Waals surface area contributed by atoms with E-state index in [1.807, 2.05) is 85.8 Å². The van der Waals surface area contributed by atoms with Crippen molar-refractivity contribution in [2.75, 3.05) is 0 Å². The SMILES string of the molecule is CCCn1c(=O)cc(SCc2ccccc2)n(Cc2ccc(-c3ccccc3-c3nnn[nH]3)cc2)c1=O. The minimum atomic E-state index is -0.280. The first-order valence-corrected chi connectivity index (χ1v) is 13.1. The minimum Gasteiger partial charge on any atom is -0.283 e. The average molecular weight is 511 g/mol. The fourth-order valence-electron chi connectivity index (χ4n) is 4.21. The molecule has 0 unspecified atom stereocenters. The Kier molecular flexibility index (Phi) is 7.41. The molecule has 3 aromatic carbocycles. The van der Waals surface area contributed by atoms with Crippen LogP contribution in [0.2, 0.25) is 0 Å². The number of hydrogen-bond donors (Lipinski definition) is 1. The van der Waals surface area contributed by atoms with Gasteiger partial charge in [0.1, 0.15) is 0 Å². The molecule has 0 amide bonds. The van der Waals surface area contributed by atoms with Gasteiger partial charge < -0.3 is 0 Å². The highest BCUT2D eigenvalue weighted by molar-refractivity contribution is 7.98. The minimum absolute atomic E-state index is 0.257. The van der Waals surface area contributed by atoms with Crippen molar-refractivity contribution in [2.45, 2.75) is 37.2 Å². The summed E-state index contributed by atoms with van der Waals surface area (Å²) in [5.74, 6) is 1.27. The maximum absolute atomic E-state index is 13.4. The molecule has 0 aliphatic rings. The highest BCUT2D eigenvalue weighted by Gasteiger charge is 2.14. The molecular weight excluding hydrogens is 484 g/mol. The van der Waals surface area contributed by atoms with Crippen molar-refractivity contribution in [3.05, 3.63) is 117 Å². The van der Waals surface area contributed by atoms with E-state index in [4.69, 9.17) is 0 Å². The molecule has 0 aliphatic carbocycles. The predicted molar refractivity (Wildman–Crippen MR) is 145 cm³/mol. The van der Waals surface area contributed by atoms with Gasteiger partial charge in [0.25, 0.3) is 5.56 Å². The number of thioether (sulfide) groups is 1. The summed E-state index contributed by atoms with van der Waals surface area (Å²) in [6.07, 6.45) is 0.709. The summed E-state index contributed by atoms with van der Waals surface area (Å²) in [5.41, 5.74) is 4.48. The third-order valence-corrected chi connectivity index (χ3v) is 7.16. The molecule has 186 valence electrons. The Balaban J connectivity index is 1.46. The summed E-state index contributed by atoms with van der Waals surface area (Å²) < 4.78 is 3.02. The highest BCUT2D eigenvalue weighted by Crippen LogP contribution is 2.30. The van der Waals surface area contributed by atoms with Gasteiger partial charge in [-0.05, 0) is 39.1 Å². The molecule has 0 fully saturated rings. The second kappa shape index (κ2) is 11.2. The monoisotopic (exact) mass is 510 g/mol. The molecule has 5 aromatic rings. The number of H-pyrrole nitrogens is 1. The zero-order valence-corrected chi connectivity index (χ0v) is 21.2. The molecule has 0 saturated carbocycles. The Morgan fingerprint density at radius 3 is 2.27 bits per heavy atom. The van der Waals surface area contributed by atoms with E-state index in [1.165, 1.54) is 16.3 Å². The topological polar surface area (TPSA) is 98.5 Å².